The third-order valence-electron chi connectivity index (χ3n) is 6.20. The van der Waals surface area contributed by atoms with Gasteiger partial charge in [-0.3, -0.25) is 0 Å². The number of halogens is 2. The van der Waals surface area contributed by atoms with Gasteiger partial charge >= 0.3 is 12.1 Å². The summed E-state index contributed by atoms with van der Waals surface area (Å²) in [5, 5.41) is 12.9. The number of benzene rings is 3. The van der Waals surface area contributed by atoms with Gasteiger partial charge < -0.3 is 19.6 Å². The van der Waals surface area contributed by atoms with Crippen molar-refractivity contribution in [1.82, 2.24) is 5.32 Å². The van der Waals surface area contributed by atoms with E-state index in [9.17, 15) is 14.7 Å². The summed E-state index contributed by atoms with van der Waals surface area (Å²) in [6.45, 7) is 0.0917. The number of nitrogens with one attached hydrogen (secondary N) is 1. The standard InChI is InChI=1S/C28H21Cl2NO5/c29-23-11-9-16(13-24(23)30)26-12-10-17(36-26)14-25(27(32)33)31-28(34)35-15-22-20-7-3-1-5-18(20)19-6-2-4-8-21(19)22/h1-13,22,25H,14-15H2,(H,31,34)(H,32,33). The minimum absolute atomic E-state index is 0.0547. The van der Waals surface area contributed by atoms with Crippen molar-refractivity contribution in [3.05, 3.63) is 106 Å². The summed E-state index contributed by atoms with van der Waals surface area (Å²) in [6.07, 6.45) is -0.860. The molecule has 1 aliphatic carbocycles. The monoisotopic (exact) mass is 521 g/mol. The Morgan fingerprint density at radius 2 is 1.58 bits per heavy atom. The molecule has 8 heteroatoms. The summed E-state index contributed by atoms with van der Waals surface area (Å²) < 4.78 is 11.3. The predicted octanol–water partition coefficient (Wildman–Crippen LogP) is 6.79. The van der Waals surface area contributed by atoms with Gasteiger partial charge in [0.2, 0.25) is 0 Å². The number of aliphatic carboxylic acids is 1. The molecule has 0 aliphatic heterocycles. The molecule has 2 N–H and O–H groups in total. The summed E-state index contributed by atoms with van der Waals surface area (Å²) in [6, 6.07) is 23.2. The van der Waals surface area contributed by atoms with Crippen molar-refractivity contribution < 1.29 is 23.8 Å². The molecule has 1 unspecified atom stereocenters. The van der Waals surface area contributed by atoms with E-state index >= 15 is 0 Å². The Balaban J connectivity index is 1.24. The second kappa shape index (κ2) is 10.1. The zero-order chi connectivity index (χ0) is 25.2. The number of carboxylic acids is 1. The van der Waals surface area contributed by atoms with Crippen LogP contribution in [-0.2, 0) is 16.0 Å². The third-order valence-corrected chi connectivity index (χ3v) is 6.94. The van der Waals surface area contributed by atoms with Gasteiger partial charge in [0.25, 0.3) is 0 Å². The fourth-order valence-corrected chi connectivity index (χ4v) is 4.77. The van der Waals surface area contributed by atoms with E-state index in [1.165, 1.54) is 0 Å². The van der Waals surface area contributed by atoms with Gasteiger partial charge in [-0.05, 0) is 52.6 Å². The average molecular weight is 522 g/mol. The first-order chi connectivity index (χ1) is 17.4. The number of fused-ring (bicyclic) bond motifs is 3. The lowest BCUT2D eigenvalue weighted by Crippen LogP contribution is -2.42. The van der Waals surface area contributed by atoms with Crippen LogP contribution < -0.4 is 5.32 Å². The first-order valence-electron chi connectivity index (χ1n) is 11.3. The number of carbonyl (C=O) groups excluding carboxylic acids is 1. The maximum atomic E-state index is 12.6. The minimum Gasteiger partial charge on any atom is -0.480 e. The molecule has 0 radical (unpaired) electrons. The largest absolute Gasteiger partial charge is 0.480 e. The molecule has 0 saturated carbocycles. The van der Waals surface area contributed by atoms with E-state index in [4.69, 9.17) is 32.4 Å². The Morgan fingerprint density at radius 1 is 0.917 bits per heavy atom. The molecule has 36 heavy (non-hydrogen) atoms. The van der Waals surface area contributed by atoms with Crippen LogP contribution in [0.15, 0.2) is 83.3 Å². The third kappa shape index (κ3) is 4.83. The molecule has 182 valence electrons. The normalized spacial score (nSPS) is 13.1. The van der Waals surface area contributed by atoms with E-state index in [0.717, 1.165) is 22.3 Å². The van der Waals surface area contributed by atoms with Crippen molar-refractivity contribution in [1.29, 1.82) is 0 Å². The van der Waals surface area contributed by atoms with E-state index in [1.54, 1.807) is 30.3 Å². The Hall–Kier alpha value is -3.74. The average Bonchev–Trinajstić information content (AvgIpc) is 3.47. The molecular formula is C28H21Cl2NO5. The van der Waals surface area contributed by atoms with Gasteiger partial charge in [0.05, 0.1) is 10.0 Å². The molecule has 1 atom stereocenters. The fraction of sp³-hybridized carbons (Fsp3) is 0.143. The highest BCUT2D eigenvalue weighted by Gasteiger charge is 2.30. The lowest BCUT2D eigenvalue weighted by molar-refractivity contribution is -0.139. The number of alkyl carbamates (subject to hydrolysis) is 1. The topological polar surface area (TPSA) is 88.8 Å². The number of hydrogen-bond donors (Lipinski definition) is 2. The maximum absolute atomic E-state index is 12.6. The Morgan fingerprint density at radius 3 is 2.22 bits per heavy atom. The molecule has 1 heterocycles. The van der Waals surface area contributed by atoms with Crippen molar-refractivity contribution in [3.63, 3.8) is 0 Å². The second-order valence-electron chi connectivity index (χ2n) is 8.46. The summed E-state index contributed by atoms with van der Waals surface area (Å²) in [7, 11) is 0. The Kier molecular flexibility index (Phi) is 6.72. The number of amides is 1. The van der Waals surface area contributed by atoms with Gasteiger partial charge in [-0.2, -0.15) is 0 Å². The second-order valence-corrected chi connectivity index (χ2v) is 9.27. The van der Waals surface area contributed by atoms with Crippen LogP contribution >= 0.6 is 23.2 Å². The van der Waals surface area contributed by atoms with Crippen LogP contribution in [0, 0.1) is 0 Å². The van der Waals surface area contributed by atoms with E-state index < -0.39 is 18.1 Å². The van der Waals surface area contributed by atoms with E-state index in [1.807, 2.05) is 48.5 Å². The minimum atomic E-state index is -1.23. The number of hydrogen-bond acceptors (Lipinski definition) is 4. The van der Waals surface area contributed by atoms with Crippen LogP contribution in [-0.4, -0.2) is 29.8 Å². The molecule has 4 aromatic rings. The zero-order valence-corrected chi connectivity index (χ0v) is 20.4. The lowest BCUT2D eigenvalue weighted by atomic mass is 9.98. The summed E-state index contributed by atoms with van der Waals surface area (Å²) >= 11 is 12.0. The number of carbonyl (C=O) groups is 2. The van der Waals surface area contributed by atoms with Crippen LogP contribution in [0.2, 0.25) is 10.0 Å². The molecule has 0 bridgehead atoms. The quantitative estimate of drug-likeness (QED) is 0.279. The molecule has 1 amide bonds. The smallest absolute Gasteiger partial charge is 0.407 e. The van der Waals surface area contributed by atoms with Crippen molar-refractivity contribution in [3.8, 4) is 22.5 Å². The van der Waals surface area contributed by atoms with Gasteiger partial charge in [-0.1, -0.05) is 71.7 Å². The van der Waals surface area contributed by atoms with Crippen LogP contribution in [0.4, 0.5) is 4.79 Å². The van der Waals surface area contributed by atoms with Gasteiger partial charge in [0.15, 0.2) is 0 Å². The van der Waals surface area contributed by atoms with Gasteiger partial charge in [-0.15, -0.1) is 0 Å². The SMILES string of the molecule is O=C(NC(Cc1ccc(-c2ccc(Cl)c(Cl)c2)o1)C(=O)O)OCC1c2ccccc2-c2ccccc21. The summed E-state index contributed by atoms with van der Waals surface area (Å²) in [4.78, 5) is 24.4. The number of carboxylic acid groups (broad SMARTS) is 1. The highest BCUT2D eigenvalue weighted by Crippen LogP contribution is 2.44. The van der Waals surface area contributed by atoms with Crippen molar-refractivity contribution in [2.24, 2.45) is 0 Å². The number of furan rings is 1. The number of ether oxygens (including phenoxy) is 1. The summed E-state index contributed by atoms with van der Waals surface area (Å²) in [5.74, 6) is -0.419. The van der Waals surface area contributed by atoms with E-state index in [2.05, 4.69) is 5.32 Å². The van der Waals surface area contributed by atoms with Crippen LogP contribution in [0.1, 0.15) is 22.8 Å². The molecule has 0 saturated heterocycles. The molecule has 0 fully saturated rings. The summed E-state index contributed by atoms with van der Waals surface area (Å²) in [5.41, 5.74) is 5.08. The fourth-order valence-electron chi connectivity index (χ4n) is 4.48. The van der Waals surface area contributed by atoms with Crippen molar-refractivity contribution >= 4 is 35.3 Å². The van der Waals surface area contributed by atoms with Crippen molar-refractivity contribution in [2.75, 3.05) is 6.61 Å². The van der Waals surface area contributed by atoms with Gasteiger partial charge in [0.1, 0.15) is 24.2 Å². The Bertz CT molecular complexity index is 1400. The van der Waals surface area contributed by atoms with E-state index in [0.29, 0.717) is 27.1 Å². The van der Waals surface area contributed by atoms with Gasteiger partial charge in [0, 0.05) is 17.9 Å². The predicted molar refractivity (Wildman–Crippen MR) is 137 cm³/mol. The maximum Gasteiger partial charge on any atom is 0.407 e. The molecule has 3 aromatic carbocycles. The highest BCUT2D eigenvalue weighted by molar-refractivity contribution is 6.42. The van der Waals surface area contributed by atoms with Crippen LogP contribution in [0.25, 0.3) is 22.5 Å². The van der Waals surface area contributed by atoms with Gasteiger partial charge in [-0.25, -0.2) is 9.59 Å². The first kappa shape index (κ1) is 24.0. The molecule has 5 rings (SSSR count). The Labute approximate surface area is 217 Å². The first-order valence-corrected chi connectivity index (χ1v) is 12.0. The zero-order valence-electron chi connectivity index (χ0n) is 18.9. The lowest BCUT2D eigenvalue weighted by Gasteiger charge is -2.17. The highest BCUT2D eigenvalue weighted by atomic mass is 35.5. The molecule has 1 aromatic heterocycles. The number of rotatable bonds is 7. The van der Waals surface area contributed by atoms with Crippen LogP contribution in [0.5, 0.6) is 0 Å². The molecule has 0 spiro atoms. The van der Waals surface area contributed by atoms with Crippen molar-refractivity contribution in [2.45, 2.75) is 18.4 Å². The van der Waals surface area contributed by atoms with Crippen LogP contribution in [0.3, 0.4) is 0 Å². The molecule has 1 aliphatic rings. The molecule has 6 nitrogen and oxygen atoms in total. The van der Waals surface area contributed by atoms with E-state index in [-0.39, 0.29) is 18.9 Å². The molecular weight excluding hydrogens is 501 g/mol.